The van der Waals surface area contributed by atoms with Crippen molar-refractivity contribution in [3.8, 4) is 0 Å². The average molecular weight is 562 g/mol. The number of rotatable bonds is 13. The van der Waals surface area contributed by atoms with Gasteiger partial charge in [0.1, 0.15) is 12.1 Å². The number of carboxylic acid groups (broad SMARTS) is 3. The molecule has 0 aliphatic heterocycles. The van der Waals surface area contributed by atoms with Crippen LogP contribution in [0.2, 0.25) is 0 Å². The van der Waals surface area contributed by atoms with Gasteiger partial charge in [-0.3, -0.25) is 4.79 Å². The number of unbranched alkanes of at least 4 members (excludes halogenated alkanes) is 1. The Kier molecular flexibility index (Phi) is 11.8. The molecule has 0 heterocycles. The van der Waals surface area contributed by atoms with Gasteiger partial charge in [0.25, 0.3) is 0 Å². The van der Waals surface area contributed by atoms with Crippen molar-refractivity contribution in [2.75, 3.05) is 11.9 Å². The summed E-state index contributed by atoms with van der Waals surface area (Å²) in [7, 11) is 0. The van der Waals surface area contributed by atoms with Gasteiger partial charge >= 0.3 is 30.0 Å². The Bertz CT molecular complexity index is 818. The van der Waals surface area contributed by atoms with E-state index in [2.05, 4.69) is 43.9 Å². The number of carboxylic acids is 3. The first-order chi connectivity index (χ1) is 15.1. The first-order valence-corrected chi connectivity index (χ1v) is 10.7. The maximum Gasteiger partial charge on any atom is 0.326 e. The van der Waals surface area contributed by atoms with E-state index < -0.39 is 48.5 Å². The summed E-state index contributed by atoms with van der Waals surface area (Å²) in [4.78, 5) is 56.8. The minimum atomic E-state index is -1.46. The van der Waals surface area contributed by atoms with Gasteiger partial charge in [-0.2, -0.15) is 0 Å². The highest BCUT2D eigenvalue weighted by Gasteiger charge is 2.24. The van der Waals surface area contributed by atoms with Crippen LogP contribution in [0.15, 0.2) is 24.3 Å². The fourth-order valence-corrected chi connectivity index (χ4v) is 2.88. The van der Waals surface area contributed by atoms with Crippen molar-refractivity contribution in [2.45, 2.75) is 44.2 Å². The Balaban J connectivity index is 2.36. The molecule has 1 aromatic rings. The molecular formula is C19H25IN4O8. The van der Waals surface area contributed by atoms with Gasteiger partial charge in [0, 0.05) is 22.2 Å². The van der Waals surface area contributed by atoms with Gasteiger partial charge in [0.2, 0.25) is 0 Å². The van der Waals surface area contributed by atoms with E-state index in [1.807, 2.05) is 12.1 Å². The lowest BCUT2D eigenvalue weighted by Crippen LogP contribution is -2.51. The molecule has 0 saturated heterocycles. The molecule has 0 radical (unpaired) electrons. The minimum Gasteiger partial charge on any atom is -0.481 e. The summed E-state index contributed by atoms with van der Waals surface area (Å²) < 4.78 is 1.03. The number of nitrogens with one attached hydrogen (secondary N) is 4. The number of hydrogen-bond acceptors (Lipinski definition) is 5. The van der Waals surface area contributed by atoms with E-state index >= 15 is 0 Å². The number of halogens is 1. The highest BCUT2D eigenvalue weighted by Crippen LogP contribution is 2.10. The predicted molar refractivity (Wildman–Crippen MR) is 121 cm³/mol. The summed E-state index contributed by atoms with van der Waals surface area (Å²) in [6.07, 6.45) is 0.0531. The van der Waals surface area contributed by atoms with Gasteiger partial charge in [-0.15, -0.1) is 0 Å². The molecule has 0 aromatic heterocycles. The number of carbonyl (C=O) groups excluding carboxylic acids is 2. The molecule has 1 rings (SSSR count). The number of amides is 4. The number of carbonyl (C=O) groups is 5. The summed E-state index contributed by atoms with van der Waals surface area (Å²) in [5.74, 6) is -3.95. The van der Waals surface area contributed by atoms with Crippen molar-refractivity contribution in [1.82, 2.24) is 16.0 Å². The molecule has 0 aliphatic rings. The van der Waals surface area contributed by atoms with Crippen molar-refractivity contribution >= 4 is 58.2 Å². The molecule has 0 spiro atoms. The second-order valence-corrected chi connectivity index (χ2v) is 7.96. The minimum absolute atomic E-state index is 0.0516. The van der Waals surface area contributed by atoms with Crippen LogP contribution in [0.1, 0.15) is 32.1 Å². The van der Waals surface area contributed by atoms with Gasteiger partial charge < -0.3 is 36.6 Å². The van der Waals surface area contributed by atoms with E-state index in [4.69, 9.17) is 10.2 Å². The van der Waals surface area contributed by atoms with Crippen LogP contribution in [0, 0.1) is 3.57 Å². The monoisotopic (exact) mass is 562 g/mol. The summed E-state index contributed by atoms with van der Waals surface area (Å²) in [6, 6.07) is 3.04. The van der Waals surface area contributed by atoms with Crippen LogP contribution in [0.3, 0.4) is 0 Å². The first-order valence-electron chi connectivity index (χ1n) is 9.63. The fourth-order valence-electron chi connectivity index (χ4n) is 2.52. The number of anilines is 1. The zero-order chi connectivity index (χ0) is 24.1. The normalized spacial score (nSPS) is 12.2. The van der Waals surface area contributed by atoms with E-state index in [0.717, 1.165) is 3.57 Å². The largest absolute Gasteiger partial charge is 0.481 e. The van der Waals surface area contributed by atoms with E-state index in [1.54, 1.807) is 12.1 Å². The summed E-state index contributed by atoms with van der Waals surface area (Å²) in [5, 5.41) is 36.4. The third-order valence-electron chi connectivity index (χ3n) is 4.16. The van der Waals surface area contributed by atoms with E-state index in [-0.39, 0.29) is 19.4 Å². The lowest BCUT2D eigenvalue weighted by Gasteiger charge is -2.18. The predicted octanol–water partition coefficient (Wildman–Crippen LogP) is 1.65. The second-order valence-electron chi connectivity index (χ2n) is 6.72. The highest BCUT2D eigenvalue weighted by atomic mass is 125. The summed E-state index contributed by atoms with van der Waals surface area (Å²) in [6.45, 7) is 0.283. The van der Waals surface area contributed by atoms with Crippen molar-refractivity contribution in [3.05, 3.63) is 27.8 Å². The molecule has 2 atom stereocenters. The maximum absolute atomic E-state index is 11.9. The summed E-state index contributed by atoms with van der Waals surface area (Å²) in [5.41, 5.74) is 0.632. The smallest absolute Gasteiger partial charge is 0.326 e. The van der Waals surface area contributed by atoms with Gasteiger partial charge in [-0.25, -0.2) is 19.2 Å². The van der Waals surface area contributed by atoms with Crippen molar-refractivity contribution in [2.24, 2.45) is 0 Å². The molecule has 32 heavy (non-hydrogen) atoms. The standard InChI is InChI=1S/C19H25IN4O8/c20-11-4-6-12(7-5-11)22-18(31)21-10-2-1-3-13(16(27)28)23-19(32)24-14(17(29)30)8-9-15(25)26/h4-7,13-14H,1-3,8-10H2,(H,25,26)(H,27,28)(H,29,30)(H2,21,22,31)(H2,23,24,32)/t13-,14-/m0/s1/i20-2. The molecule has 0 saturated carbocycles. The lowest BCUT2D eigenvalue weighted by atomic mass is 10.1. The Morgan fingerprint density at radius 3 is 1.91 bits per heavy atom. The number of aliphatic carboxylic acids is 3. The second kappa shape index (κ2) is 14.1. The van der Waals surface area contributed by atoms with Crippen molar-refractivity contribution < 1.29 is 39.3 Å². The molecule has 0 bridgehead atoms. The van der Waals surface area contributed by atoms with Gasteiger partial charge in [-0.1, -0.05) is 0 Å². The fraction of sp³-hybridized carbons (Fsp3) is 0.421. The Hall–Kier alpha value is -3.10. The van der Waals surface area contributed by atoms with Crippen LogP contribution < -0.4 is 21.3 Å². The van der Waals surface area contributed by atoms with Gasteiger partial charge in [0.15, 0.2) is 0 Å². The molecule has 0 aliphatic carbocycles. The molecule has 176 valence electrons. The summed E-state index contributed by atoms with van der Waals surface area (Å²) >= 11 is 2.15. The van der Waals surface area contributed by atoms with Gasteiger partial charge in [0.05, 0.1) is 0 Å². The molecule has 4 amide bonds. The SMILES string of the molecule is O=C(O)CC[C@H](NC(=O)N[C@@H](CCCCNC(=O)Nc1ccc([125I])cc1)C(=O)O)C(=O)O. The molecule has 0 unspecified atom stereocenters. The number of hydrogen-bond donors (Lipinski definition) is 7. The molecule has 13 heteroatoms. The Labute approximate surface area is 197 Å². The molecular weight excluding hydrogens is 537 g/mol. The van der Waals surface area contributed by atoms with Crippen molar-refractivity contribution in [3.63, 3.8) is 0 Å². The molecule has 1 aromatic carbocycles. The van der Waals surface area contributed by atoms with Crippen LogP contribution in [0.4, 0.5) is 15.3 Å². The van der Waals surface area contributed by atoms with E-state index in [9.17, 15) is 29.1 Å². The molecule has 0 fully saturated rings. The first kappa shape index (κ1) is 26.9. The van der Waals surface area contributed by atoms with Crippen LogP contribution >= 0.6 is 22.6 Å². The average Bonchev–Trinajstić information content (AvgIpc) is 2.71. The quantitative estimate of drug-likeness (QED) is 0.139. The van der Waals surface area contributed by atoms with Crippen LogP contribution in [-0.4, -0.2) is 63.9 Å². The zero-order valence-corrected chi connectivity index (χ0v) is 19.1. The Morgan fingerprint density at radius 1 is 0.812 bits per heavy atom. The zero-order valence-electron chi connectivity index (χ0n) is 17.0. The molecule has 7 N–H and O–H groups in total. The van der Waals surface area contributed by atoms with Crippen LogP contribution in [-0.2, 0) is 14.4 Å². The highest BCUT2D eigenvalue weighted by molar-refractivity contribution is 14.1. The molecule has 12 nitrogen and oxygen atoms in total. The van der Waals surface area contributed by atoms with E-state index in [1.165, 1.54) is 0 Å². The lowest BCUT2D eigenvalue weighted by molar-refractivity contribution is -0.140. The van der Waals surface area contributed by atoms with E-state index in [0.29, 0.717) is 18.5 Å². The van der Waals surface area contributed by atoms with Crippen LogP contribution in [0.5, 0.6) is 0 Å². The van der Waals surface area contributed by atoms with Gasteiger partial charge in [-0.05, 0) is 72.5 Å². The Morgan fingerprint density at radius 2 is 1.38 bits per heavy atom. The number of benzene rings is 1. The topological polar surface area (TPSA) is 194 Å². The van der Waals surface area contributed by atoms with Crippen molar-refractivity contribution in [1.29, 1.82) is 0 Å². The maximum atomic E-state index is 11.9. The third-order valence-corrected chi connectivity index (χ3v) is 4.88. The number of urea groups is 2. The van der Waals surface area contributed by atoms with Crippen LogP contribution in [0.25, 0.3) is 0 Å². The third kappa shape index (κ3) is 11.3.